The summed E-state index contributed by atoms with van der Waals surface area (Å²) in [7, 11) is 0. The Labute approximate surface area is 127 Å². The Morgan fingerprint density at radius 2 is 2.14 bits per heavy atom. The number of hydrogen-bond donors (Lipinski definition) is 1. The number of phenols is 1. The zero-order valence-corrected chi connectivity index (χ0v) is 13.1. The van der Waals surface area contributed by atoms with Crippen molar-refractivity contribution >= 4 is 0 Å². The van der Waals surface area contributed by atoms with E-state index in [1.807, 2.05) is 19.1 Å². The van der Waals surface area contributed by atoms with Gasteiger partial charge in [-0.05, 0) is 50.9 Å². The second-order valence-electron chi connectivity index (χ2n) is 6.19. The van der Waals surface area contributed by atoms with Gasteiger partial charge in [0.25, 0.3) is 0 Å². The molecule has 0 aliphatic carbocycles. The number of benzene rings is 1. The van der Waals surface area contributed by atoms with Gasteiger partial charge in [0, 0.05) is 31.7 Å². The Morgan fingerprint density at radius 1 is 1.29 bits per heavy atom. The van der Waals surface area contributed by atoms with Gasteiger partial charge in [-0.1, -0.05) is 6.07 Å². The van der Waals surface area contributed by atoms with E-state index in [1.54, 1.807) is 6.07 Å². The first-order valence-corrected chi connectivity index (χ1v) is 8.12. The first kappa shape index (κ1) is 14.7. The van der Waals surface area contributed by atoms with E-state index >= 15 is 0 Å². The third kappa shape index (κ3) is 3.01. The van der Waals surface area contributed by atoms with Crippen LogP contribution in [0.5, 0.6) is 11.5 Å². The summed E-state index contributed by atoms with van der Waals surface area (Å²) in [5.74, 6) is 0.830. The Balaban J connectivity index is 1.70. The molecule has 3 rings (SSSR count). The van der Waals surface area contributed by atoms with Gasteiger partial charge in [-0.15, -0.1) is 0 Å². The highest BCUT2D eigenvalue weighted by Gasteiger charge is 2.36. The standard InChI is InChI=1S/C17H26N2O2/c1-3-21-17-11-14(6-7-16(17)20)12-19-10-9-18-8-4-5-15(18)13(19)2/h6-7,11,13,15,20H,3-5,8-10,12H2,1-2H3/t13-,15+/m1/s1. The number of aromatic hydroxyl groups is 1. The summed E-state index contributed by atoms with van der Waals surface area (Å²) in [6.45, 7) is 9.39. The summed E-state index contributed by atoms with van der Waals surface area (Å²) in [5.41, 5.74) is 1.22. The monoisotopic (exact) mass is 290 g/mol. The number of hydrogen-bond acceptors (Lipinski definition) is 4. The van der Waals surface area contributed by atoms with Gasteiger partial charge >= 0.3 is 0 Å². The molecule has 0 unspecified atom stereocenters. The maximum Gasteiger partial charge on any atom is 0.161 e. The fourth-order valence-corrected chi connectivity index (χ4v) is 3.77. The van der Waals surface area contributed by atoms with E-state index in [9.17, 15) is 5.11 Å². The predicted octanol–water partition coefficient (Wildman–Crippen LogP) is 2.46. The lowest BCUT2D eigenvalue weighted by molar-refractivity contribution is 0.0470. The fourth-order valence-electron chi connectivity index (χ4n) is 3.77. The molecule has 116 valence electrons. The molecule has 2 heterocycles. The van der Waals surface area contributed by atoms with Crippen molar-refractivity contribution in [1.82, 2.24) is 9.80 Å². The second kappa shape index (κ2) is 6.24. The first-order valence-electron chi connectivity index (χ1n) is 8.12. The highest BCUT2D eigenvalue weighted by atomic mass is 16.5. The lowest BCUT2D eigenvalue weighted by Crippen LogP contribution is -2.55. The van der Waals surface area contributed by atoms with Crippen LogP contribution in [0.15, 0.2) is 18.2 Å². The summed E-state index contributed by atoms with van der Waals surface area (Å²) in [6, 6.07) is 7.06. The van der Waals surface area contributed by atoms with Crippen LogP contribution in [0.4, 0.5) is 0 Å². The molecule has 2 saturated heterocycles. The molecule has 1 N–H and O–H groups in total. The van der Waals surface area contributed by atoms with Crippen LogP contribution in [0.1, 0.15) is 32.3 Å². The van der Waals surface area contributed by atoms with Crippen LogP contribution in [-0.2, 0) is 6.54 Å². The summed E-state index contributed by atoms with van der Waals surface area (Å²) in [6.07, 6.45) is 2.67. The van der Waals surface area contributed by atoms with Crippen molar-refractivity contribution in [2.75, 3.05) is 26.2 Å². The first-order chi connectivity index (χ1) is 10.2. The van der Waals surface area contributed by atoms with E-state index < -0.39 is 0 Å². The van der Waals surface area contributed by atoms with Crippen LogP contribution >= 0.6 is 0 Å². The molecule has 1 aromatic carbocycles. The van der Waals surface area contributed by atoms with E-state index in [2.05, 4.69) is 16.7 Å². The molecule has 0 spiro atoms. The van der Waals surface area contributed by atoms with E-state index in [4.69, 9.17) is 4.74 Å². The minimum atomic E-state index is 0.231. The highest BCUT2D eigenvalue weighted by molar-refractivity contribution is 5.41. The van der Waals surface area contributed by atoms with Gasteiger partial charge in [0.1, 0.15) is 0 Å². The minimum absolute atomic E-state index is 0.231. The maximum atomic E-state index is 9.80. The molecule has 0 radical (unpaired) electrons. The molecule has 2 fully saturated rings. The number of rotatable bonds is 4. The average molecular weight is 290 g/mol. The van der Waals surface area contributed by atoms with Gasteiger partial charge in [0.2, 0.25) is 0 Å². The lowest BCUT2D eigenvalue weighted by Gasteiger charge is -2.43. The smallest absolute Gasteiger partial charge is 0.161 e. The van der Waals surface area contributed by atoms with Crippen LogP contribution in [0.25, 0.3) is 0 Å². The van der Waals surface area contributed by atoms with Gasteiger partial charge in [0.15, 0.2) is 11.5 Å². The lowest BCUT2D eigenvalue weighted by atomic mass is 10.0. The molecule has 0 amide bonds. The minimum Gasteiger partial charge on any atom is -0.504 e. The van der Waals surface area contributed by atoms with Crippen LogP contribution in [0.2, 0.25) is 0 Å². The van der Waals surface area contributed by atoms with Gasteiger partial charge < -0.3 is 9.84 Å². The molecule has 4 heteroatoms. The molecule has 0 saturated carbocycles. The van der Waals surface area contributed by atoms with E-state index in [1.165, 1.54) is 31.5 Å². The van der Waals surface area contributed by atoms with E-state index in [0.717, 1.165) is 19.1 Å². The number of phenolic OH excluding ortho intramolecular Hbond substituents is 1. The summed E-state index contributed by atoms with van der Waals surface area (Å²) in [5, 5.41) is 9.80. The van der Waals surface area contributed by atoms with E-state index in [0.29, 0.717) is 18.4 Å². The zero-order valence-electron chi connectivity index (χ0n) is 13.1. The summed E-state index contributed by atoms with van der Waals surface area (Å²) >= 11 is 0. The van der Waals surface area contributed by atoms with Crippen molar-refractivity contribution in [2.45, 2.75) is 45.3 Å². The molecule has 1 aromatic rings. The molecule has 21 heavy (non-hydrogen) atoms. The van der Waals surface area contributed by atoms with Gasteiger partial charge in [-0.3, -0.25) is 9.80 Å². The van der Waals surface area contributed by atoms with Crippen molar-refractivity contribution in [3.63, 3.8) is 0 Å². The summed E-state index contributed by atoms with van der Waals surface area (Å²) in [4.78, 5) is 5.21. The van der Waals surface area contributed by atoms with Crippen LogP contribution in [0, 0.1) is 0 Å². The average Bonchev–Trinajstić information content (AvgIpc) is 2.95. The largest absolute Gasteiger partial charge is 0.504 e. The summed E-state index contributed by atoms with van der Waals surface area (Å²) < 4.78 is 5.49. The normalized spacial score (nSPS) is 26.8. The quantitative estimate of drug-likeness (QED) is 0.924. The molecule has 0 aromatic heterocycles. The van der Waals surface area contributed by atoms with Crippen LogP contribution in [-0.4, -0.2) is 53.2 Å². The van der Waals surface area contributed by atoms with Crippen LogP contribution in [0.3, 0.4) is 0 Å². The number of nitrogens with zero attached hydrogens (tertiary/aromatic N) is 2. The van der Waals surface area contributed by atoms with Crippen molar-refractivity contribution in [3.05, 3.63) is 23.8 Å². The second-order valence-corrected chi connectivity index (χ2v) is 6.19. The van der Waals surface area contributed by atoms with Crippen LogP contribution < -0.4 is 4.74 Å². The SMILES string of the molecule is CCOc1cc(CN2CCN3CCC[C@H]3[C@H]2C)ccc1O. The number of piperazine rings is 1. The Kier molecular flexibility index (Phi) is 4.36. The molecule has 0 bridgehead atoms. The fraction of sp³-hybridized carbons (Fsp3) is 0.647. The van der Waals surface area contributed by atoms with Gasteiger partial charge in [0.05, 0.1) is 6.61 Å². The number of fused-ring (bicyclic) bond motifs is 1. The topological polar surface area (TPSA) is 35.9 Å². The van der Waals surface area contributed by atoms with Crippen molar-refractivity contribution in [1.29, 1.82) is 0 Å². The number of ether oxygens (including phenoxy) is 1. The molecule has 2 aliphatic heterocycles. The highest BCUT2D eigenvalue weighted by Crippen LogP contribution is 2.30. The van der Waals surface area contributed by atoms with Gasteiger partial charge in [-0.2, -0.15) is 0 Å². The van der Waals surface area contributed by atoms with Gasteiger partial charge in [-0.25, -0.2) is 0 Å². The van der Waals surface area contributed by atoms with Crippen molar-refractivity contribution < 1.29 is 9.84 Å². The third-order valence-corrected chi connectivity index (χ3v) is 4.93. The third-order valence-electron chi connectivity index (χ3n) is 4.93. The molecule has 2 atom stereocenters. The van der Waals surface area contributed by atoms with Crippen molar-refractivity contribution in [2.24, 2.45) is 0 Å². The zero-order chi connectivity index (χ0) is 14.8. The predicted molar refractivity (Wildman–Crippen MR) is 83.7 cm³/mol. The molecule has 2 aliphatic rings. The molecule has 4 nitrogen and oxygen atoms in total. The Hall–Kier alpha value is -1.26. The van der Waals surface area contributed by atoms with E-state index in [-0.39, 0.29) is 5.75 Å². The maximum absolute atomic E-state index is 9.80. The van der Waals surface area contributed by atoms with Crippen molar-refractivity contribution in [3.8, 4) is 11.5 Å². The molecular formula is C17H26N2O2. The molecular weight excluding hydrogens is 264 g/mol. The Morgan fingerprint density at radius 3 is 2.95 bits per heavy atom. The Bertz CT molecular complexity index is 492.